The lowest BCUT2D eigenvalue weighted by molar-refractivity contribution is -0.352. The van der Waals surface area contributed by atoms with Crippen LogP contribution >= 0.6 is 19.7 Å². The number of hydrogen-bond acceptors (Lipinski definition) is 3. The molecule has 5 aromatic carbocycles. The minimum Gasteiger partial charge on any atom is -0.423 e. The van der Waals surface area contributed by atoms with Gasteiger partial charge in [0.1, 0.15) is 5.75 Å². The Bertz CT molecular complexity index is 2110. The molecule has 0 spiro atoms. The smallest absolute Gasteiger partial charge is 0.344 e. The van der Waals surface area contributed by atoms with Crippen LogP contribution in [0.4, 0.5) is 5.69 Å². The summed E-state index contributed by atoms with van der Waals surface area (Å²) >= 11 is 1.85. The van der Waals surface area contributed by atoms with Gasteiger partial charge in [0.05, 0.1) is 11.0 Å². The van der Waals surface area contributed by atoms with Gasteiger partial charge in [-0.2, -0.15) is 0 Å². The molecule has 5 heteroatoms. The van der Waals surface area contributed by atoms with Crippen molar-refractivity contribution in [1.82, 2.24) is 0 Å². The third-order valence-electron chi connectivity index (χ3n) is 9.99. The maximum absolute atomic E-state index is 13.9. The van der Waals surface area contributed by atoms with E-state index >= 15 is 0 Å². The van der Waals surface area contributed by atoms with Crippen molar-refractivity contribution in [2.45, 2.75) is 56.3 Å². The van der Waals surface area contributed by atoms with E-state index in [1.807, 2.05) is 48.2 Å². The number of benzene rings is 5. The summed E-state index contributed by atoms with van der Waals surface area (Å²) in [4.78, 5) is 20.3. The summed E-state index contributed by atoms with van der Waals surface area (Å²) in [6.07, 6.45) is 7.85. The van der Waals surface area contributed by atoms with E-state index in [9.17, 15) is 4.79 Å². The minimum absolute atomic E-state index is 0.0161. The molecule has 8 rings (SSSR count). The standard InChI is InChI=1S/C44H38NO2PS/c1-44(2)37-21-10-11-22-38(37)45-41(44)27-25-30-14-13-15-32-28-31-24-26-33(29-40(31)49-42(30)32)47-43(46)36-20-9-12-23-39(36)48(34-16-5-3-6-17-34)35-18-7-4-8-19-35/h3-12,16-24,26,28-29H,13-15,25,27H2,1-2H3/p+1. The van der Waals surface area contributed by atoms with Gasteiger partial charge in [-0.3, -0.25) is 0 Å². The van der Waals surface area contributed by atoms with Crippen molar-refractivity contribution in [2.75, 3.05) is 0 Å². The molecule has 1 aliphatic carbocycles. The number of nitrogens with one attached hydrogen (secondary N) is 1. The highest BCUT2D eigenvalue weighted by molar-refractivity contribution is 8.03. The topological polar surface area (TPSA) is 40.3 Å². The summed E-state index contributed by atoms with van der Waals surface area (Å²) in [6.45, 7) is 4.67. The Morgan fingerprint density at radius 3 is 2.24 bits per heavy atom. The molecule has 0 unspecified atom stereocenters. The summed E-state index contributed by atoms with van der Waals surface area (Å²) in [7, 11) is -0.948. The first-order chi connectivity index (χ1) is 24.0. The van der Waals surface area contributed by atoms with Gasteiger partial charge in [0, 0.05) is 27.9 Å². The Morgan fingerprint density at radius 1 is 0.796 bits per heavy atom. The van der Waals surface area contributed by atoms with Crippen molar-refractivity contribution in [3.8, 4) is 5.75 Å². The van der Waals surface area contributed by atoms with Gasteiger partial charge in [-0.05, 0) is 98.8 Å². The molecule has 0 radical (unpaired) electrons. The number of allylic oxidation sites excluding steroid dienone is 2. The van der Waals surface area contributed by atoms with Crippen LogP contribution in [0, 0.1) is 0 Å². The first kappa shape index (κ1) is 31.7. The van der Waals surface area contributed by atoms with E-state index in [4.69, 9.17) is 4.74 Å². The monoisotopic (exact) mass is 676 g/mol. The SMILES string of the molecule is CC1(C)C(CCC2=C3Sc4cc(OC(=O)c5ccccc5P(c5ccccc5)c5ccccc5)ccc4C=C3CCC2)=[NH+]c2ccccc21. The predicted molar refractivity (Wildman–Crippen MR) is 206 cm³/mol. The van der Waals surface area contributed by atoms with E-state index in [0.29, 0.717) is 11.3 Å². The first-order valence-corrected chi connectivity index (χ1v) is 19.3. The molecule has 0 amide bonds. The zero-order valence-corrected chi connectivity index (χ0v) is 29.6. The lowest BCUT2D eigenvalue weighted by atomic mass is 9.79. The van der Waals surface area contributed by atoms with Crippen LogP contribution in [0.2, 0.25) is 0 Å². The fourth-order valence-electron chi connectivity index (χ4n) is 7.40. The van der Waals surface area contributed by atoms with Crippen LogP contribution in [0.1, 0.15) is 67.4 Å². The minimum atomic E-state index is -0.948. The molecule has 2 heterocycles. The first-order valence-electron chi connectivity index (χ1n) is 17.1. The zero-order valence-electron chi connectivity index (χ0n) is 27.9. The molecule has 0 saturated carbocycles. The fourth-order valence-corrected chi connectivity index (χ4v) is 11.1. The van der Waals surface area contributed by atoms with Crippen LogP contribution in [0.15, 0.2) is 148 Å². The lowest BCUT2D eigenvalue weighted by Crippen LogP contribution is -2.65. The van der Waals surface area contributed by atoms with Gasteiger partial charge in [0.25, 0.3) is 0 Å². The summed E-state index contributed by atoms with van der Waals surface area (Å²) in [5, 5.41) is 3.39. The normalized spacial score (nSPS) is 16.0. The van der Waals surface area contributed by atoms with Crippen molar-refractivity contribution in [1.29, 1.82) is 0 Å². The molecular weight excluding hydrogens is 638 g/mol. The number of carbonyl (C=O) groups excluding carboxylic acids is 1. The van der Waals surface area contributed by atoms with Crippen LogP contribution < -0.4 is 25.6 Å². The van der Waals surface area contributed by atoms with E-state index in [2.05, 4.69) is 116 Å². The van der Waals surface area contributed by atoms with Gasteiger partial charge in [0.2, 0.25) is 5.69 Å². The van der Waals surface area contributed by atoms with Gasteiger partial charge >= 0.3 is 5.97 Å². The van der Waals surface area contributed by atoms with E-state index < -0.39 is 7.92 Å². The lowest BCUT2D eigenvalue weighted by Gasteiger charge is -2.27. The highest BCUT2D eigenvalue weighted by atomic mass is 32.2. The van der Waals surface area contributed by atoms with Crippen molar-refractivity contribution in [3.63, 3.8) is 0 Å². The van der Waals surface area contributed by atoms with Crippen molar-refractivity contribution in [3.05, 3.63) is 160 Å². The van der Waals surface area contributed by atoms with Gasteiger partial charge < -0.3 is 4.74 Å². The highest BCUT2D eigenvalue weighted by Gasteiger charge is 2.40. The Morgan fingerprint density at radius 2 is 1.49 bits per heavy atom. The molecule has 49 heavy (non-hydrogen) atoms. The molecule has 242 valence electrons. The van der Waals surface area contributed by atoms with E-state index in [1.165, 1.54) is 50.0 Å². The molecule has 3 nitrogen and oxygen atoms in total. The number of hydrogen-bond donors (Lipinski definition) is 1. The number of carbonyl (C=O) groups is 1. The van der Waals surface area contributed by atoms with Crippen molar-refractivity contribution < 1.29 is 14.5 Å². The van der Waals surface area contributed by atoms with Crippen LogP contribution in [-0.4, -0.2) is 11.7 Å². The van der Waals surface area contributed by atoms with Gasteiger partial charge in [-0.25, -0.2) is 9.79 Å². The van der Waals surface area contributed by atoms with Crippen LogP contribution in [0.25, 0.3) is 6.08 Å². The van der Waals surface area contributed by atoms with Gasteiger partial charge in [-0.15, -0.1) is 0 Å². The van der Waals surface area contributed by atoms with Crippen molar-refractivity contribution >= 4 is 59.0 Å². The maximum atomic E-state index is 13.9. The Balaban J connectivity index is 1.04. The number of ether oxygens (including phenoxy) is 1. The highest BCUT2D eigenvalue weighted by Crippen LogP contribution is 2.49. The number of rotatable bonds is 8. The van der Waals surface area contributed by atoms with E-state index in [0.717, 1.165) is 35.9 Å². The summed E-state index contributed by atoms with van der Waals surface area (Å²) in [5.41, 5.74) is 8.83. The summed E-state index contributed by atoms with van der Waals surface area (Å²) < 4.78 is 6.17. The van der Waals surface area contributed by atoms with E-state index in [1.54, 1.807) is 5.57 Å². The fraction of sp³-hybridized carbons (Fsp3) is 0.182. The molecule has 0 bridgehead atoms. The van der Waals surface area contributed by atoms with E-state index in [-0.39, 0.29) is 11.4 Å². The third kappa shape index (κ3) is 6.25. The number of fused-ring (bicyclic) bond motifs is 3. The Kier molecular flexibility index (Phi) is 8.70. The van der Waals surface area contributed by atoms with Gasteiger partial charge in [-0.1, -0.05) is 120 Å². The summed E-state index contributed by atoms with van der Waals surface area (Å²) in [5.74, 6) is 0.254. The van der Waals surface area contributed by atoms with Crippen LogP contribution in [0.3, 0.4) is 0 Å². The Labute approximate surface area is 294 Å². The molecule has 5 aromatic rings. The molecule has 0 saturated heterocycles. The molecule has 0 atom stereocenters. The Hall–Kier alpha value is -4.50. The molecular formula is C44H39NO2PS+. The molecule has 0 aromatic heterocycles. The predicted octanol–water partition coefficient (Wildman–Crippen LogP) is 8.52. The number of para-hydroxylation sites is 1. The second kappa shape index (κ2) is 13.4. The average molecular weight is 677 g/mol. The quantitative estimate of drug-likeness (QED) is 0.102. The number of thioether (sulfide) groups is 1. The second-order valence-corrected chi connectivity index (χ2v) is 16.7. The molecule has 1 N–H and O–H groups in total. The number of esters is 1. The maximum Gasteiger partial charge on any atom is 0.344 e. The molecule has 2 aliphatic heterocycles. The second-order valence-electron chi connectivity index (χ2n) is 13.4. The van der Waals surface area contributed by atoms with Crippen LogP contribution in [0.5, 0.6) is 5.75 Å². The van der Waals surface area contributed by atoms with Crippen molar-refractivity contribution in [2.24, 2.45) is 0 Å². The summed E-state index contributed by atoms with van der Waals surface area (Å²) in [6, 6.07) is 43.7. The average Bonchev–Trinajstić information content (AvgIpc) is 3.40. The van der Waals surface area contributed by atoms with Crippen LogP contribution in [-0.2, 0) is 5.41 Å². The molecule has 0 fully saturated rings. The third-order valence-corrected chi connectivity index (χ3v) is 13.8. The zero-order chi connectivity index (χ0) is 33.4. The largest absolute Gasteiger partial charge is 0.423 e. The molecule has 3 aliphatic rings. The van der Waals surface area contributed by atoms with Gasteiger partial charge in [0.15, 0.2) is 5.71 Å².